The van der Waals surface area contributed by atoms with Gasteiger partial charge >= 0.3 is 0 Å². The van der Waals surface area contributed by atoms with Gasteiger partial charge in [-0.1, -0.05) is 13.8 Å². The van der Waals surface area contributed by atoms with Crippen LogP contribution < -0.4 is 0 Å². The zero-order valence-electron chi connectivity index (χ0n) is 8.30. The molecule has 0 aromatic heterocycles. The van der Waals surface area contributed by atoms with Crippen LogP contribution in [-0.2, 0) is 4.74 Å². The average molecular weight is 189 g/mol. The van der Waals surface area contributed by atoms with Gasteiger partial charge in [-0.15, -0.1) is 0 Å². The Kier molecular flexibility index (Phi) is 7.16. The molecule has 3 heteroatoms. The fraction of sp³-hybridized carbons (Fsp3) is 0.889. The normalized spacial score (nSPS) is 9.58. The van der Waals surface area contributed by atoms with Crippen LogP contribution in [0.15, 0.2) is 0 Å². The Morgan fingerprint density at radius 3 is 2.00 bits per heavy atom. The topological polar surface area (TPSA) is 12.5 Å². The lowest BCUT2D eigenvalue weighted by molar-refractivity contribution is 0.254. The van der Waals surface area contributed by atoms with Crippen LogP contribution in [0, 0.1) is 0 Å². The van der Waals surface area contributed by atoms with E-state index in [2.05, 4.69) is 18.7 Å². The Morgan fingerprint density at radius 2 is 1.67 bits per heavy atom. The lowest BCUT2D eigenvalue weighted by atomic mass is 10.4. The van der Waals surface area contributed by atoms with Crippen LogP contribution in [0.1, 0.15) is 33.6 Å². The molecule has 0 atom stereocenters. The lowest BCUT2D eigenvalue weighted by Gasteiger charge is -2.23. The predicted molar refractivity (Wildman–Crippen MR) is 56.4 cm³/mol. The molecule has 0 amide bonds. The number of thiocarbonyl (C=S) groups is 1. The first-order chi connectivity index (χ1) is 5.76. The third kappa shape index (κ3) is 4.54. The maximum Gasteiger partial charge on any atom is 0.259 e. The molecule has 0 bridgehead atoms. The van der Waals surface area contributed by atoms with Gasteiger partial charge in [0, 0.05) is 13.1 Å². The number of ether oxygens (including phenoxy) is 1. The molecule has 0 aromatic rings. The van der Waals surface area contributed by atoms with Crippen molar-refractivity contribution in [3.05, 3.63) is 0 Å². The Balaban J connectivity index is 3.81. The second-order valence-corrected chi connectivity index (χ2v) is 3.04. The van der Waals surface area contributed by atoms with Crippen LogP contribution in [0.25, 0.3) is 0 Å². The zero-order chi connectivity index (χ0) is 9.40. The van der Waals surface area contributed by atoms with E-state index in [1.165, 1.54) is 0 Å². The van der Waals surface area contributed by atoms with Gasteiger partial charge in [-0.05, 0) is 32.0 Å². The van der Waals surface area contributed by atoms with Gasteiger partial charge in [-0.2, -0.15) is 0 Å². The summed E-state index contributed by atoms with van der Waals surface area (Å²) in [5, 5.41) is 0.654. The molecule has 72 valence electrons. The zero-order valence-corrected chi connectivity index (χ0v) is 9.12. The van der Waals surface area contributed by atoms with Crippen molar-refractivity contribution in [1.82, 2.24) is 4.90 Å². The molecule has 0 aliphatic rings. The average Bonchev–Trinajstić information content (AvgIpc) is 2.04. The largest absolute Gasteiger partial charge is 0.471 e. The predicted octanol–water partition coefficient (Wildman–Crippen LogP) is 2.43. The van der Waals surface area contributed by atoms with Crippen molar-refractivity contribution >= 4 is 17.4 Å². The van der Waals surface area contributed by atoms with E-state index in [1.807, 2.05) is 6.92 Å². The van der Waals surface area contributed by atoms with Crippen molar-refractivity contribution in [3.8, 4) is 0 Å². The van der Waals surface area contributed by atoms with Crippen molar-refractivity contribution in [2.45, 2.75) is 33.6 Å². The molecule has 0 heterocycles. The van der Waals surface area contributed by atoms with E-state index >= 15 is 0 Å². The molecule has 0 fully saturated rings. The minimum Gasteiger partial charge on any atom is -0.471 e. The van der Waals surface area contributed by atoms with Crippen molar-refractivity contribution in [3.63, 3.8) is 0 Å². The van der Waals surface area contributed by atoms with Gasteiger partial charge in [0.05, 0.1) is 6.61 Å². The van der Waals surface area contributed by atoms with Gasteiger partial charge in [0.25, 0.3) is 5.17 Å². The number of nitrogens with zero attached hydrogens (tertiary/aromatic N) is 1. The third-order valence-corrected chi connectivity index (χ3v) is 1.89. The molecule has 12 heavy (non-hydrogen) atoms. The summed E-state index contributed by atoms with van der Waals surface area (Å²) in [7, 11) is 0. The molecule has 0 spiro atoms. The molecule has 0 unspecified atom stereocenters. The highest BCUT2D eigenvalue weighted by Crippen LogP contribution is 1.98. The summed E-state index contributed by atoms with van der Waals surface area (Å²) in [6.07, 6.45) is 2.24. The van der Waals surface area contributed by atoms with Crippen molar-refractivity contribution in [2.24, 2.45) is 0 Å². The fourth-order valence-corrected chi connectivity index (χ4v) is 1.35. The van der Waals surface area contributed by atoms with Crippen LogP contribution in [0.3, 0.4) is 0 Å². The van der Waals surface area contributed by atoms with E-state index in [1.54, 1.807) is 0 Å². The molecule has 0 rings (SSSR count). The number of hydrogen-bond donors (Lipinski definition) is 0. The Bertz CT molecular complexity index is 122. The van der Waals surface area contributed by atoms with E-state index in [0.717, 1.165) is 25.9 Å². The lowest BCUT2D eigenvalue weighted by Crippen LogP contribution is -2.32. The van der Waals surface area contributed by atoms with Crippen LogP contribution in [0.5, 0.6) is 0 Å². The van der Waals surface area contributed by atoms with Gasteiger partial charge in [-0.25, -0.2) is 0 Å². The van der Waals surface area contributed by atoms with E-state index in [9.17, 15) is 0 Å². The van der Waals surface area contributed by atoms with Crippen LogP contribution in [0.4, 0.5) is 0 Å². The van der Waals surface area contributed by atoms with Crippen molar-refractivity contribution in [1.29, 1.82) is 0 Å². The van der Waals surface area contributed by atoms with Gasteiger partial charge in [0.1, 0.15) is 0 Å². The summed E-state index contributed by atoms with van der Waals surface area (Å²) in [6, 6.07) is 0. The third-order valence-electron chi connectivity index (χ3n) is 1.51. The molecule has 0 aromatic carbocycles. The monoisotopic (exact) mass is 189 g/mol. The van der Waals surface area contributed by atoms with Crippen LogP contribution in [0.2, 0.25) is 0 Å². The van der Waals surface area contributed by atoms with E-state index < -0.39 is 0 Å². The van der Waals surface area contributed by atoms with Crippen molar-refractivity contribution < 1.29 is 4.74 Å². The molecule has 0 radical (unpaired) electrons. The summed E-state index contributed by atoms with van der Waals surface area (Å²) in [4.78, 5) is 2.12. The molecule has 0 saturated heterocycles. The molecule has 0 N–H and O–H groups in total. The van der Waals surface area contributed by atoms with E-state index in [0.29, 0.717) is 11.8 Å². The highest BCUT2D eigenvalue weighted by atomic mass is 32.1. The van der Waals surface area contributed by atoms with E-state index in [4.69, 9.17) is 17.0 Å². The number of hydrogen-bond acceptors (Lipinski definition) is 2. The van der Waals surface area contributed by atoms with Gasteiger partial charge in [0.2, 0.25) is 0 Å². The molecular formula is C9H19NOS. The smallest absolute Gasteiger partial charge is 0.259 e. The van der Waals surface area contributed by atoms with Gasteiger partial charge in [-0.3, -0.25) is 0 Å². The van der Waals surface area contributed by atoms with Crippen LogP contribution in [-0.4, -0.2) is 29.8 Å². The quantitative estimate of drug-likeness (QED) is 0.616. The molecule has 2 nitrogen and oxygen atoms in total. The van der Waals surface area contributed by atoms with Crippen LogP contribution >= 0.6 is 12.2 Å². The fourth-order valence-electron chi connectivity index (χ4n) is 1.05. The Hall–Kier alpha value is -0.310. The first kappa shape index (κ1) is 11.7. The van der Waals surface area contributed by atoms with Gasteiger partial charge < -0.3 is 9.64 Å². The standard InChI is InChI=1S/C9H19NOS/c1-4-7-10(8-5-2)9(12)11-6-3/h4-8H2,1-3H3. The Labute approximate surface area is 80.9 Å². The Morgan fingerprint density at radius 1 is 1.17 bits per heavy atom. The summed E-state index contributed by atoms with van der Waals surface area (Å²) in [6.45, 7) is 8.94. The summed E-state index contributed by atoms with van der Waals surface area (Å²) >= 11 is 5.11. The number of rotatable bonds is 5. The SMILES string of the molecule is CCCN(CCC)C(=S)OCC. The molecule has 0 saturated carbocycles. The van der Waals surface area contributed by atoms with Gasteiger partial charge in [0.15, 0.2) is 0 Å². The second kappa shape index (κ2) is 7.35. The summed E-state index contributed by atoms with van der Waals surface area (Å²) in [5.74, 6) is 0. The van der Waals surface area contributed by atoms with E-state index in [-0.39, 0.29) is 0 Å². The molecular weight excluding hydrogens is 170 g/mol. The first-order valence-electron chi connectivity index (χ1n) is 4.67. The highest BCUT2D eigenvalue weighted by Gasteiger charge is 2.06. The molecule has 0 aliphatic carbocycles. The maximum absolute atomic E-state index is 5.27. The molecule has 0 aliphatic heterocycles. The maximum atomic E-state index is 5.27. The van der Waals surface area contributed by atoms with Crippen molar-refractivity contribution in [2.75, 3.05) is 19.7 Å². The minimum atomic E-state index is 0.654. The highest BCUT2D eigenvalue weighted by molar-refractivity contribution is 7.80. The summed E-state index contributed by atoms with van der Waals surface area (Å²) in [5.41, 5.74) is 0. The minimum absolute atomic E-state index is 0.654. The summed E-state index contributed by atoms with van der Waals surface area (Å²) < 4.78 is 5.27. The second-order valence-electron chi connectivity index (χ2n) is 2.69. The first-order valence-corrected chi connectivity index (χ1v) is 5.08.